The third kappa shape index (κ3) is 2.82. The molecule has 0 atom stereocenters. The van der Waals surface area contributed by atoms with Crippen LogP contribution in [0.25, 0.3) is 10.8 Å². The van der Waals surface area contributed by atoms with E-state index in [0.29, 0.717) is 0 Å². The smallest absolute Gasteiger partial charge is 0.0346 e. The summed E-state index contributed by atoms with van der Waals surface area (Å²) in [5.74, 6) is 0. The fourth-order valence-corrected chi connectivity index (χ4v) is 1.55. The molecule has 0 aliphatic heterocycles. The Hall–Kier alpha value is -1.37. The Morgan fingerprint density at radius 3 is 2.25 bits per heavy atom. The fourth-order valence-electron chi connectivity index (χ4n) is 1.55. The summed E-state index contributed by atoms with van der Waals surface area (Å²) in [4.78, 5) is 4.14. The zero-order chi connectivity index (χ0) is 12.2. The summed E-state index contributed by atoms with van der Waals surface area (Å²) in [6.45, 7) is 10.7. The maximum absolute atomic E-state index is 4.14. The van der Waals surface area contributed by atoms with Crippen LogP contribution in [0.2, 0.25) is 0 Å². The molecule has 0 fully saturated rings. The van der Waals surface area contributed by atoms with Gasteiger partial charge in [0, 0.05) is 17.8 Å². The van der Waals surface area contributed by atoms with E-state index in [1.807, 2.05) is 32.3 Å². The van der Waals surface area contributed by atoms with Gasteiger partial charge in [-0.3, -0.25) is 4.98 Å². The first kappa shape index (κ1) is 12.7. The van der Waals surface area contributed by atoms with Crippen LogP contribution in [0, 0.1) is 0 Å². The molecule has 1 aromatic carbocycles. The molecular weight excluding hydrogens is 194 g/mol. The van der Waals surface area contributed by atoms with Crippen molar-refractivity contribution in [3.05, 3.63) is 42.2 Å². The van der Waals surface area contributed by atoms with Gasteiger partial charge in [-0.1, -0.05) is 46.8 Å². The molecule has 1 heteroatoms. The molecule has 2 aromatic rings. The molecule has 0 aliphatic carbocycles. The molecular formula is C15H21N. The Kier molecular flexibility index (Phi) is 4.05. The number of nitrogens with zero attached hydrogens (tertiary/aromatic N) is 1. The fraction of sp³-hybridized carbons (Fsp3) is 0.400. The molecule has 0 saturated heterocycles. The molecule has 1 nitrogen and oxygen atoms in total. The second-order valence-corrected chi connectivity index (χ2v) is 4.69. The van der Waals surface area contributed by atoms with E-state index in [9.17, 15) is 0 Å². The average Bonchev–Trinajstić information content (AvgIpc) is 2.30. The van der Waals surface area contributed by atoms with Gasteiger partial charge in [0.1, 0.15) is 0 Å². The first-order chi connectivity index (χ1) is 7.57. The second-order valence-electron chi connectivity index (χ2n) is 4.69. The van der Waals surface area contributed by atoms with Gasteiger partial charge in [0.2, 0.25) is 0 Å². The number of hydrogen-bond acceptors (Lipinski definition) is 1. The third-order valence-corrected chi connectivity index (χ3v) is 2.51. The zero-order valence-corrected chi connectivity index (χ0v) is 10.9. The lowest BCUT2D eigenvalue weighted by molar-refractivity contribution is 0.591. The predicted octanol–water partition coefficient (Wildman–Crippen LogP) is 4.56. The van der Waals surface area contributed by atoms with Crippen molar-refractivity contribution >= 4 is 10.8 Å². The van der Waals surface area contributed by atoms with E-state index >= 15 is 0 Å². The first-order valence-corrected chi connectivity index (χ1v) is 5.92. The van der Waals surface area contributed by atoms with Crippen molar-refractivity contribution in [2.45, 2.75) is 40.0 Å². The van der Waals surface area contributed by atoms with Crippen molar-refractivity contribution in [1.29, 1.82) is 0 Å². The maximum Gasteiger partial charge on any atom is 0.0346 e. The van der Waals surface area contributed by atoms with Crippen LogP contribution in [0.1, 0.15) is 40.2 Å². The third-order valence-electron chi connectivity index (χ3n) is 2.51. The van der Waals surface area contributed by atoms with E-state index in [2.05, 4.69) is 44.0 Å². The molecule has 1 aromatic heterocycles. The Morgan fingerprint density at radius 2 is 1.62 bits per heavy atom. The van der Waals surface area contributed by atoms with Crippen LogP contribution in [0.3, 0.4) is 0 Å². The molecule has 0 bridgehead atoms. The van der Waals surface area contributed by atoms with Crippen molar-refractivity contribution in [1.82, 2.24) is 4.98 Å². The SMILES string of the molecule is CC.CC(C)(C)c1ccc2ccncc2c1. The minimum Gasteiger partial charge on any atom is -0.264 e. The number of aromatic nitrogens is 1. The number of hydrogen-bond donors (Lipinski definition) is 0. The summed E-state index contributed by atoms with van der Waals surface area (Å²) < 4.78 is 0. The standard InChI is InChI=1S/C13H15N.C2H6/c1-13(2,3)12-5-4-10-6-7-14-9-11(10)8-12;1-2/h4-9H,1-3H3;1-2H3. The largest absolute Gasteiger partial charge is 0.264 e. The van der Waals surface area contributed by atoms with Crippen molar-refractivity contribution in [3.8, 4) is 0 Å². The number of pyridine rings is 1. The van der Waals surface area contributed by atoms with E-state index in [0.717, 1.165) is 0 Å². The van der Waals surface area contributed by atoms with Crippen LogP contribution in [0.15, 0.2) is 36.7 Å². The summed E-state index contributed by atoms with van der Waals surface area (Å²) in [6.07, 6.45) is 3.75. The van der Waals surface area contributed by atoms with Crippen LogP contribution in [-0.2, 0) is 5.41 Å². The highest BCUT2D eigenvalue weighted by molar-refractivity contribution is 5.82. The highest BCUT2D eigenvalue weighted by Crippen LogP contribution is 2.25. The van der Waals surface area contributed by atoms with Crippen LogP contribution >= 0.6 is 0 Å². The molecule has 16 heavy (non-hydrogen) atoms. The van der Waals surface area contributed by atoms with Gasteiger partial charge in [0.05, 0.1) is 0 Å². The molecule has 2 rings (SSSR count). The number of benzene rings is 1. The molecule has 0 aliphatic rings. The van der Waals surface area contributed by atoms with Gasteiger partial charge >= 0.3 is 0 Å². The molecule has 0 radical (unpaired) electrons. The van der Waals surface area contributed by atoms with Crippen molar-refractivity contribution in [3.63, 3.8) is 0 Å². The van der Waals surface area contributed by atoms with E-state index < -0.39 is 0 Å². The van der Waals surface area contributed by atoms with Gasteiger partial charge in [-0.2, -0.15) is 0 Å². The molecule has 1 heterocycles. The molecule has 0 unspecified atom stereocenters. The Morgan fingerprint density at radius 1 is 0.938 bits per heavy atom. The van der Waals surface area contributed by atoms with Crippen molar-refractivity contribution < 1.29 is 0 Å². The van der Waals surface area contributed by atoms with Crippen molar-refractivity contribution in [2.24, 2.45) is 0 Å². The zero-order valence-electron chi connectivity index (χ0n) is 10.9. The lowest BCUT2D eigenvalue weighted by atomic mass is 9.86. The van der Waals surface area contributed by atoms with Gasteiger partial charge in [-0.05, 0) is 28.5 Å². The van der Waals surface area contributed by atoms with E-state index in [-0.39, 0.29) is 5.41 Å². The summed E-state index contributed by atoms with van der Waals surface area (Å²) in [6, 6.07) is 8.63. The van der Waals surface area contributed by atoms with E-state index in [1.165, 1.54) is 16.3 Å². The molecule has 0 N–H and O–H groups in total. The van der Waals surface area contributed by atoms with E-state index in [4.69, 9.17) is 0 Å². The lowest BCUT2D eigenvalue weighted by Gasteiger charge is -2.19. The Labute approximate surface area is 98.5 Å². The monoisotopic (exact) mass is 215 g/mol. The first-order valence-electron chi connectivity index (χ1n) is 5.92. The van der Waals surface area contributed by atoms with Crippen molar-refractivity contribution in [2.75, 3.05) is 0 Å². The lowest BCUT2D eigenvalue weighted by Crippen LogP contribution is -2.10. The topological polar surface area (TPSA) is 12.9 Å². The van der Waals surface area contributed by atoms with Gasteiger partial charge in [-0.15, -0.1) is 0 Å². The highest BCUT2D eigenvalue weighted by Gasteiger charge is 2.13. The minimum absolute atomic E-state index is 0.212. The van der Waals surface area contributed by atoms with Gasteiger partial charge in [-0.25, -0.2) is 0 Å². The molecule has 0 amide bonds. The quantitative estimate of drug-likeness (QED) is 0.628. The molecule has 0 spiro atoms. The normalized spacial score (nSPS) is 10.8. The maximum atomic E-state index is 4.14. The number of rotatable bonds is 0. The molecule has 86 valence electrons. The van der Waals surface area contributed by atoms with Crippen LogP contribution < -0.4 is 0 Å². The van der Waals surface area contributed by atoms with Crippen LogP contribution in [0.4, 0.5) is 0 Å². The summed E-state index contributed by atoms with van der Waals surface area (Å²) in [7, 11) is 0. The molecule has 0 saturated carbocycles. The average molecular weight is 215 g/mol. The van der Waals surface area contributed by atoms with Gasteiger partial charge in [0.25, 0.3) is 0 Å². The van der Waals surface area contributed by atoms with Gasteiger partial charge < -0.3 is 0 Å². The summed E-state index contributed by atoms with van der Waals surface area (Å²) in [5, 5.41) is 2.48. The van der Waals surface area contributed by atoms with Crippen LogP contribution in [-0.4, -0.2) is 4.98 Å². The summed E-state index contributed by atoms with van der Waals surface area (Å²) >= 11 is 0. The highest BCUT2D eigenvalue weighted by atomic mass is 14.6. The predicted molar refractivity (Wildman–Crippen MR) is 71.8 cm³/mol. The van der Waals surface area contributed by atoms with E-state index in [1.54, 1.807) is 0 Å². The van der Waals surface area contributed by atoms with Crippen LogP contribution in [0.5, 0.6) is 0 Å². The summed E-state index contributed by atoms with van der Waals surface area (Å²) in [5.41, 5.74) is 1.57. The number of fused-ring (bicyclic) bond motifs is 1. The Balaban J connectivity index is 0.000000606. The van der Waals surface area contributed by atoms with Gasteiger partial charge in [0.15, 0.2) is 0 Å². The second kappa shape index (κ2) is 5.11. The Bertz CT molecular complexity index is 452. The minimum atomic E-state index is 0.212.